The number of methoxy groups -OCH3 is 2. The van der Waals surface area contributed by atoms with Gasteiger partial charge in [-0.05, 0) is 30.9 Å². The zero-order valence-corrected chi connectivity index (χ0v) is 16.5. The number of halogens is 1. The van der Waals surface area contributed by atoms with Gasteiger partial charge in [0.2, 0.25) is 0 Å². The van der Waals surface area contributed by atoms with Crippen molar-refractivity contribution in [2.45, 2.75) is 19.8 Å². The van der Waals surface area contributed by atoms with Crippen LogP contribution in [0, 0.1) is 5.92 Å². The first-order valence-corrected chi connectivity index (χ1v) is 9.33. The molecule has 144 valence electrons. The highest BCUT2D eigenvalue weighted by atomic mass is 35.5. The molecule has 1 aliphatic rings. The van der Waals surface area contributed by atoms with Gasteiger partial charge in [0.15, 0.2) is 0 Å². The van der Waals surface area contributed by atoms with Gasteiger partial charge in [-0.1, -0.05) is 18.5 Å². The Bertz CT molecular complexity index is 820. The van der Waals surface area contributed by atoms with E-state index in [4.69, 9.17) is 21.1 Å². The smallest absolute Gasteiger partial charge is 0.255 e. The van der Waals surface area contributed by atoms with Crippen LogP contribution in [0.25, 0.3) is 0 Å². The molecule has 0 aliphatic carbocycles. The molecule has 0 spiro atoms. The van der Waals surface area contributed by atoms with Gasteiger partial charge >= 0.3 is 0 Å². The van der Waals surface area contributed by atoms with Crippen molar-refractivity contribution in [1.29, 1.82) is 0 Å². The number of hydrogen-bond donors (Lipinski definition) is 1. The molecule has 0 radical (unpaired) electrons. The van der Waals surface area contributed by atoms with Gasteiger partial charge in [0.1, 0.15) is 17.3 Å². The fourth-order valence-electron chi connectivity index (χ4n) is 3.12. The molecule has 1 aromatic heterocycles. The molecule has 1 fully saturated rings. The van der Waals surface area contributed by atoms with E-state index < -0.39 is 0 Å². The summed E-state index contributed by atoms with van der Waals surface area (Å²) in [6.07, 6.45) is 3.95. The minimum absolute atomic E-state index is 0.244. The topological polar surface area (TPSA) is 63.7 Å². The Hall–Kier alpha value is -2.47. The van der Waals surface area contributed by atoms with Gasteiger partial charge in [-0.25, -0.2) is 4.98 Å². The van der Waals surface area contributed by atoms with E-state index in [2.05, 4.69) is 22.1 Å². The molecular weight excluding hydrogens is 366 g/mol. The molecule has 0 saturated carbocycles. The zero-order valence-electron chi connectivity index (χ0n) is 15.8. The number of carbonyl (C=O) groups excluding carboxylic acids is 1. The van der Waals surface area contributed by atoms with Crippen LogP contribution in [-0.2, 0) is 0 Å². The highest BCUT2D eigenvalue weighted by Crippen LogP contribution is 2.36. The predicted octanol–water partition coefficient (Wildman–Crippen LogP) is 4.24. The summed E-state index contributed by atoms with van der Waals surface area (Å²) in [5, 5.41) is 3.28. The Balaban J connectivity index is 1.80. The Labute approximate surface area is 164 Å². The summed E-state index contributed by atoms with van der Waals surface area (Å²) >= 11 is 6.12. The Morgan fingerprint density at radius 1 is 1.19 bits per heavy atom. The number of carbonyl (C=O) groups is 1. The van der Waals surface area contributed by atoms with Crippen LogP contribution < -0.4 is 19.7 Å². The molecule has 2 heterocycles. The van der Waals surface area contributed by atoms with Crippen LogP contribution in [0.15, 0.2) is 30.5 Å². The maximum Gasteiger partial charge on any atom is 0.255 e. The second-order valence-electron chi connectivity index (χ2n) is 6.71. The van der Waals surface area contributed by atoms with E-state index in [1.165, 1.54) is 14.2 Å². The van der Waals surface area contributed by atoms with Crippen LogP contribution in [0.5, 0.6) is 11.5 Å². The van der Waals surface area contributed by atoms with E-state index in [0.717, 1.165) is 37.7 Å². The summed E-state index contributed by atoms with van der Waals surface area (Å²) in [6, 6.07) is 6.78. The third-order valence-electron chi connectivity index (χ3n) is 4.84. The van der Waals surface area contributed by atoms with E-state index in [1.807, 2.05) is 6.07 Å². The minimum Gasteiger partial charge on any atom is -0.495 e. The number of anilines is 2. The molecule has 2 aromatic rings. The van der Waals surface area contributed by atoms with Crippen LogP contribution in [0.2, 0.25) is 5.02 Å². The highest BCUT2D eigenvalue weighted by molar-refractivity contribution is 6.32. The molecule has 0 bridgehead atoms. The molecule has 1 saturated heterocycles. The lowest BCUT2D eigenvalue weighted by atomic mass is 9.99. The molecule has 1 aliphatic heterocycles. The first kappa shape index (κ1) is 19.3. The second-order valence-corrected chi connectivity index (χ2v) is 7.12. The number of rotatable bonds is 5. The molecule has 7 heteroatoms. The average molecular weight is 390 g/mol. The van der Waals surface area contributed by atoms with Crippen LogP contribution in [0.1, 0.15) is 30.1 Å². The number of amides is 1. The lowest BCUT2D eigenvalue weighted by molar-refractivity contribution is 0.102. The number of benzene rings is 1. The molecule has 6 nitrogen and oxygen atoms in total. The summed E-state index contributed by atoms with van der Waals surface area (Å²) in [7, 11) is 3.05. The SMILES string of the molecule is COc1cc(NC(=O)c2ccnc(N3CCC(C)CC3)c2)c(OC)cc1Cl. The number of ether oxygens (including phenoxy) is 2. The molecule has 3 rings (SSSR count). The van der Waals surface area contributed by atoms with Crippen molar-refractivity contribution in [2.75, 3.05) is 37.5 Å². The largest absolute Gasteiger partial charge is 0.495 e. The Morgan fingerprint density at radius 2 is 1.89 bits per heavy atom. The van der Waals surface area contributed by atoms with Gasteiger partial charge in [-0.3, -0.25) is 4.79 Å². The fraction of sp³-hybridized carbons (Fsp3) is 0.400. The number of hydrogen-bond acceptors (Lipinski definition) is 5. The molecular formula is C20H24ClN3O3. The Morgan fingerprint density at radius 3 is 2.56 bits per heavy atom. The van der Waals surface area contributed by atoms with Crippen molar-refractivity contribution in [2.24, 2.45) is 5.92 Å². The number of nitrogens with zero attached hydrogens (tertiary/aromatic N) is 2. The van der Waals surface area contributed by atoms with Crippen LogP contribution in [0.3, 0.4) is 0 Å². The lowest BCUT2D eigenvalue weighted by Gasteiger charge is -2.31. The van der Waals surface area contributed by atoms with E-state index in [0.29, 0.717) is 27.8 Å². The van der Waals surface area contributed by atoms with Crippen LogP contribution >= 0.6 is 11.6 Å². The molecule has 1 N–H and O–H groups in total. The van der Waals surface area contributed by atoms with Gasteiger partial charge in [0, 0.05) is 37.0 Å². The highest BCUT2D eigenvalue weighted by Gasteiger charge is 2.19. The van der Waals surface area contributed by atoms with E-state index in [9.17, 15) is 4.79 Å². The van der Waals surface area contributed by atoms with Crippen molar-refractivity contribution >= 4 is 29.0 Å². The molecule has 0 unspecified atom stereocenters. The fourth-order valence-corrected chi connectivity index (χ4v) is 3.35. The number of pyridine rings is 1. The second kappa shape index (κ2) is 8.48. The van der Waals surface area contributed by atoms with Crippen molar-refractivity contribution < 1.29 is 14.3 Å². The molecule has 27 heavy (non-hydrogen) atoms. The van der Waals surface area contributed by atoms with Gasteiger partial charge < -0.3 is 19.7 Å². The first-order valence-electron chi connectivity index (χ1n) is 8.95. The third kappa shape index (κ3) is 4.45. The van der Waals surface area contributed by atoms with Gasteiger partial charge in [0.05, 0.1) is 24.9 Å². The normalized spacial score (nSPS) is 14.7. The number of piperidine rings is 1. The predicted molar refractivity (Wildman–Crippen MR) is 107 cm³/mol. The monoisotopic (exact) mass is 389 g/mol. The van der Waals surface area contributed by atoms with Crippen molar-refractivity contribution in [3.05, 3.63) is 41.0 Å². The van der Waals surface area contributed by atoms with Crippen molar-refractivity contribution in [3.63, 3.8) is 0 Å². The van der Waals surface area contributed by atoms with Crippen LogP contribution in [0.4, 0.5) is 11.5 Å². The molecule has 1 amide bonds. The third-order valence-corrected chi connectivity index (χ3v) is 5.13. The van der Waals surface area contributed by atoms with E-state index in [1.54, 1.807) is 24.4 Å². The maximum absolute atomic E-state index is 12.8. The Kier molecular flexibility index (Phi) is 6.06. The van der Waals surface area contributed by atoms with E-state index >= 15 is 0 Å². The maximum atomic E-state index is 12.8. The summed E-state index contributed by atoms with van der Waals surface area (Å²) in [6.45, 7) is 4.19. The van der Waals surface area contributed by atoms with Crippen molar-refractivity contribution in [3.8, 4) is 11.5 Å². The summed E-state index contributed by atoms with van der Waals surface area (Å²) in [5.74, 6) is 2.25. The van der Waals surface area contributed by atoms with Crippen LogP contribution in [-0.4, -0.2) is 38.2 Å². The van der Waals surface area contributed by atoms with Crippen molar-refractivity contribution in [1.82, 2.24) is 4.98 Å². The molecule has 1 aromatic carbocycles. The zero-order chi connectivity index (χ0) is 19.4. The quantitative estimate of drug-likeness (QED) is 0.828. The van der Waals surface area contributed by atoms with Gasteiger partial charge in [-0.15, -0.1) is 0 Å². The standard InChI is InChI=1S/C20H24ClN3O3/c1-13-5-8-24(9-6-13)19-10-14(4-7-22-19)20(25)23-16-12-17(26-2)15(21)11-18(16)27-3/h4,7,10-13H,5-6,8-9H2,1-3H3,(H,23,25). The lowest BCUT2D eigenvalue weighted by Crippen LogP contribution is -2.33. The number of nitrogens with one attached hydrogen (secondary N) is 1. The van der Waals surface area contributed by atoms with E-state index in [-0.39, 0.29) is 5.91 Å². The van der Waals surface area contributed by atoms with Gasteiger partial charge in [0.25, 0.3) is 5.91 Å². The van der Waals surface area contributed by atoms with Gasteiger partial charge in [-0.2, -0.15) is 0 Å². The summed E-state index contributed by atoms with van der Waals surface area (Å²) < 4.78 is 10.5. The molecule has 0 atom stereocenters. The first-order chi connectivity index (χ1) is 13.0. The number of aromatic nitrogens is 1. The minimum atomic E-state index is -0.244. The summed E-state index contributed by atoms with van der Waals surface area (Å²) in [5.41, 5.74) is 1.03. The average Bonchev–Trinajstić information content (AvgIpc) is 2.69. The summed E-state index contributed by atoms with van der Waals surface area (Å²) in [4.78, 5) is 19.4.